The van der Waals surface area contributed by atoms with Gasteiger partial charge in [-0.3, -0.25) is 9.59 Å². The Morgan fingerprint density at radius 3 is 2.00 bits per heavy atom. The number of hydrogen-bond acceptors (Lipinski definition) is 15. The van der Waals surface area contributed by atoms with Crippen LogP contribution in [0, 0.1) is 10.8 Å². The number of carbonyl (C=O) groups excluding carboxylic acids is 3. The normalized spacial score (nSPS) is 26.1. The number of allylic oxidation sites excluding steroid dienone is 4. The first-order chi connectivity index (χ1) is 30.0. The van der Waals surface area contributed by atoms with E-state index in [1.165, 1.54) is 19.6 Å². The van der Waals surface area contributed by atoms with Crippen LogP contribution in [-0.4, -0.2) is 106 Å². The van der Waals surface area contributed by atoms with Gasteiger partial charge in [-0.2, -0.15) is 0 Å². The minimum atomic E-state index is -1.13. The molecule has 2 aromatic rings. The van der Waals surface area contributed by atoms with Gasteiger partial charge < -0.3 is 47.5 Å². The minimum Gasteiger partial charge on any atom is -0.481 e. The van der Waals surface area contributed by atoms with Crippen molar-refractivity contribution in [2.45, 2.75) is 129 Å². The smallest absolute Gasteiger partial charge is 0.360 e. The standard InChI is InChI=1S/C47H58N2O14/c1-8-14-36(50)46(3,4)38-19-12-18-34-35(60-34)23-22-29(56-7)26-41-49-31(28-58-41)45(55)63-39(47(5,6)37(15-9-2)61-43(53)25-24-42(51)52)20-13-17-33-32(59-33)16-10-11-21-40-48-30(27-57-40)44(54)62-38/h8-18,21-23,27-29,32-39,50H,19-20,24-26H2,1-7H3,(H,51,52)/t29-,32-,33+,34?,35?,36-,37-,38-,39-/m0/s1. The van der Waals surface area contributed by atoms with Gasteiger partial charge in [0.1, 0.15) is 55.3 Å². The molecule has 3 aliphatic heterocycles. The average Bonchev–Trinajstić information content (AvgIpc) is 4.04. The van der Waals surface area contributed by atoms with Crippen molar-refractivity contribution >= 4 is 30.0 Å². The maximum Gasteiger partial charge on any atom is 0.360 e. The Morgan fingerprint density at radius 2 is 1.38 bits per heavy atom. The molecule has 5 heterocycles. The highest BCUT2D eigenvalue weighted by Gasteiger charge is 2.42. The molecule has 2 N–H and O–H groups in total. The van der Waals surface area contributed by atoms with Crippen molar-refractivity contribution in [1.82, 2.24) is 9.97 Å². The largest absolute Gasteiger partial charge is 0.481 e. The fourth-order valence-corrected chi connectivity index (χ4v) is 6.68. The number of aromatic nitrogens is 2. The Bertz CT molecular complexity index is 2100. The van der Waals surface area contributed by atoms with Crippen LogP contribution in [0.25, 0.3) is 6.08 Å². The number of ether oxygens (including phenoxy) is 6. The number of oxazole rings is 2. The molecule has 2 fully saturated rings. The molecular formula is C47H58N2O14. The van der Waals surface area contributed by atoms with E-state index in [-0.39, 0.29) is 73.3 Å². The second-order valence-electron chi connectivity index (χ2n) is 16.5. The van der Waals surface area contributed by atoms with E-state index in [1.54, 1.807) is 70.2 Å². The van der Waals surface area contributed by atoms with E-state index in [1.807, 2.05) is 56.4 Å². The highest BCUT2D eigenvalue weighted by molar-refractivity contribution is 5.87. The third-order valence-corrected chi connectivity index (χ3v) is 11.0. The Kier molecular flexibility index (Phi) is 17.0. The number of aliphatic carboxylic acids is 1. The molecule has 0 saturated carbocycles. The number of rotatable bonds is 11. The second-order valence-corrected chi connectivity index (χ2v) is 16.5. The van der Waals surface area contributed by atoms with Crippen molar-refractivity contribution in [2.75, 3.05) is 7.11 Å². The van der Waals surface area contributed by atoms with Gasteiger partial charge in [-0.15, -0.1) is 0 Å². The predicted molar refractivity (Wildman–Crippen MR) is 228 cm³/mol. The number of carbonyl (C=O) groups is 4. The fraction of sp³-hybridized carbons (Fsp3) is 0.489. The maximum atomic E-state index is 13.7. The summed E-state index contributed by atoms with van der Waals surface area (Å²) in [6.45, 7) is 10.8. The molecule has 2 saturated heterocycles. The van der Waals surface area contributed by atoms with E-state index in [4.69, 9.17) is 42.4 Å². The number of carboxylic acid groups (broad SMARTS) is 1. The summed E-state index contributed by atoms with van der Waals surface area (Å²) in [5.41, 5.74) is -1.98. The summed E-state index contributed by atoms with van der Waals surface area (Å²) in [6.07, 6.45) is 22.2. The summed E-state index contributed by atoms with van der Waals surface area (Å²) in [4.78, 5) is 59.5. The summed E-state index contributed by atoms with van der Waals surface area (Å²) in [6, 6.07) is 0. The van der Waals surface area contributed by atoms with Crippen molar-refractivity contribution in [3.63, 3.8) is 0 Å². The molecule has 2 unspecified atom stereocenters. The van der Waals surface area contributed by atoms with Crippen LogP contribution in [0.3, 0.4) is 0 Å². The zero-order valence-corrected chi connectivity index (χ0v) is 36.7. The zero-order valence-electron chi connectivity index (χ0n) is 36.7. The average molecular weight is 875 g/mol. The number of aliphatic hydroxyl groups excluding tert-OH is 1. The van der Waals surface area contributed by atoms with Crippen LogP contribution in [0.4, 0.5) is 0 Å². The molecule has 16 heteroatoms. The monoisotopic (exact) mass is 874 g/mol. The molecule has 63 heavy (non-hydrogen) atoms. The van der Waals surface area contributed by atoms with E-state index in [0.29, 0.717) is 0 Å². The lowest BCUT2D eigenvalue weighted by Gasteiger charge is -2.38. The van der Waals surface area contributed by atoms with Gasteiger partial charge in [-0.05, 0) is 19.9 Å². The van der Waals surface area contributed by atoms with E-state index < -0.39 is 71.6 Å². The summed E-state index contributed by atoms with van der Waals surface area (Å²) < 4.78 is 46.2. The molecule has 0 spiro atoms. The van der Waals surface area contributed by atoms with Gasteiger partial charge in [0, 0.05) is 36.9 Å². The van der Waals surface area contributed by atoms with Crippen LogP contribution in [0.2, 0.25) is 0 Å². The lowest BCUT2D eigenvalue weighted by molar-refractivity contribution is -0.158. The third-order valence-electron chi connectivity index (χ3n) is 11.0. The highest BCUT2D eigenvalue weighted by atomic mass is 16.6. The van der Waals surface area contributed by atoms with Gasteiger partial charge in [-0.1, -0.05) is 101 Å². The molecular weight excluding hydrogens is 817 g/mol. The second kappa shape index (κ2) is 22.1. The first-order valence-electron chi connectivity index (χ1n) is 20.9. The number of methoxy groups -OCH3 is 1. The van der Waals surface area contributed by atoms with Crippen molar-refractivity contribution in [3.05, 3.63) is 115 Å². The van der Waals surface area contributed by atoms with Crippen LogP contribution in [0.1, 0.15) is 100.0 Å². The number of hydrogen-bond donors (Lipinski definition) is 2. The molecule has 3 aliphatic rings. The molecule has 9 atom stereocenters. The number of cyclic esters (lactones) is 2. The molecule has 16 nitrogen and oxygen atoms in total. The minimum absolute atomic E-state index is 0.0238. The number of carboxylic acids is 1. The van der Waals surface area contributed by atoms with Crippen molar-refractivity contribution in [1.29, 1.82) is 0 Å². The van der Waals surface area contributed by atoms with E-state index >= 15 is 0 Å². The lowest BCUT2D eigenvalue weighted by Crippen LogP contribution is -2.44. The van der Waals surface area contributed by atoms with Crippen LogP contribution < -0.4 is 0 Å². The molecule has 5 rings (SSSR count). The number of fused-ring (bicyclic) bond motifs is 6. The van der Waals surface area contributed by atoms with Gasteiger partial charge >= 0.3 is 23.9 Å². The SMILES string of the molecule is CC=C[C@H](OC(=O)CCC(=O)O)C(C)(C)[C@@H]1CC=C[C@H]2O[C@H]2C=CC=Cc2nc(co2)C(=O)O[C@H](C(C)(C)[C@@H](O)C=CC)CC=CC2OC2C=C[C@H](OC)Cc2nc(co2)C(=O)O1. The van der Waals surface area contributed by atoms with Crippen LogP contribution in [-0.2, 0) is 44.4 Å². The molecule has 0 aromatic carbocycles. The Hall–Kier alpha value is -5.68. The number of esters is 3. The van der Waals surface area contributed by atoms with Gasteiger partial charge in [0.05, 0.1) is 31.5 Å². The number of aliphatic hydroxyl groups is 1. The Labute approximate surface area is 367 Å². The fourth-order valence-electron chi connectivity index (χ4n) is 6.68. The molecule has 0 amide bonds. The van der Waals surface area contributed by atoms with E-state index in [2.05, 4.69) is 9.97 Å². The summed E-state index contributed by atoms with van der Waals surface area (Å²) in [7, 11) is 1.53. The van der Waals surface area contributed by atoms with Crippen LogP contribution in [0.15, 0.2) is 100 Å². The molecule has 340 valence electrons. The Balaban J connectivity index is 1.38. The predicted octanol–water partition coefficient (Wildman–Crippen LogP) is 6.88. The number of epoxide rings is 2. The van der Waals surface area contributed by atoms with Gasteiger partial charge in [-0.25, -0.2) is 19.6 Å². The van der Waals surface area contributed by atoms with E-state index in [0.717, 1.165) is 0 Å². The van der Waals surface area contributed by atoms with E-state index in [9.17, 15) is 24.3 Å². The van der Waals surface area contributed by atoms with Crippen LogP contribution in [0.5, 0.6) is 0 Å². The number of nitrogens with zero attached hydrogens (tertiary/aromatic N) is 2. The van der Waals surface area contributed by atoms with Gasteiger partial charge in [0.25, 0.3) is 0 Å². The van der Waals surface area contributed by atoms with Gasteiger partial charge in [0.15, 0.2) is 17.3 Å². The quantitative estimate of drug-likeness (QED) is 0.102. The summed E-state index contributed by atoms with van der Waals surface area (Å²) in [5, 5.41) is 20.0. The maximum absolute atomic E-state index is 13.7. The topological polar surface area (TPSA) is 223 Å². The third kappa shape index (κ3) is 13.9. The zero-order chi connectivity index (χ0) is 45.7. The molecule has 2 aromatic heterocycles. The first-order valence-corrected chi connectivity index (χ1v) is 20.9. The summed E-state index contributed by atoms with van der Waals surface area (Å²) in [5.74, 6) is -2.89. The van der Waals surface area contributed by atoms with Crippen LogP contribution >= 0.6 is 0 Å². The molecule has 0 radical (unpaired) electrons. The van der Waals surface area contributed by atoms with Crippen molar-refractivity contribution < 1.29 is 66.6 Å². The highest BCUT2D eigenvalue weighted by Crippen LogP contribution is 2.36. The molecule has 4 bridgehead atoms. The van der Waals surface area contributed by atoms with Gasteiger partial charge in [0.2, 0.25) is 5.89 Å². The lowest BCUT2D eigenvalue weighted by atomic mass is 9.78. The van der Waals surface area contributed by atoms with Crippen molar-refractivity contribution in [3.8, 4) is 0 Å². The Morgan fingerprint density at radius 1 is 0.794 bits per heavy atom. The molecule has 0 aliphatic carbocycles. The first kappa shape index (κ1) is 48.4. The summed E-state index contributed by atoms with van der Waals surface area (Å²) >= 11 is 0. The van der Waals surface area contributed by atoms with Crippen molar-refractivity contribution in [2.24, 2.45) is 10.8 Å².